The average molecular weight is 571 g/mol. The van der Waals surface area contributed by atoms with Crippen LogP contribution in [-0.4, -0.2) is 75.6 Å². The smallest absolute Gasteiger partial charge is 0.471 e. The van der Waals surface area contributed by atoms with E-state index in [2.05, 4.69) is 0 Å². The Labute approximate surface area is 224 Å². The van der Waals surface area contributed by atoms with Crippen LogP contribution in [0.3, 0.4) is 0 Å². The van der Waals surface area contributed by atoms with Gasteiger partial charge in [0.1, 0.15) is 6.04 Å². The van der Waals surface area contributed by atoms with E-state index in [1.54, 1.807) is 24.3 Å². The van der Waals surface area contributed by atoms with Gasteiger partial charge in [-0.25, -0.2) is 8.42 Å². The zero-order valence-corrected chi connectivity index (χ0v) is 22.3. The van der Waals surface area contributed by atoms with Gasteiger partial charge in [0.15, 0.2) is 11.5 Å². The SMILES string of the molecule is COc1ccc(CCOC(=O)[C@@H]2CCCN2S(=O)(=O)c2ccc3c(c2)CN(C(=O)C(F)(F)F)CC3)cc1OC. The number of amides is 1. The quantitative estimate of drug-likeness (QED) is 0.450. The van der Waals surface area contributed by atoms with E-state index in [0.717, 1.165) is 9.87 Å². The standard InChI is InChI=1S/C26H29F3N2O7S/c1-36-22-8-5-17(14-23(22)37-2)10-13-38-24(32)21-4-3-11-31(21)39(34,35)20-7-6-18-9-12-30(16-19(18)15-20)25(33)26(27,28)29/h5-8,14-15,21H,3-4,9-13,16H2,1-2H3/t21-/m0/s1. The van der Waals surface area contributed by atoms with Crippen LogP contribution in [0, 0.1) is 0 Å². The number of hydrogen-bond donors (Lipinski definition) is 0. The number of rotatable bonds is 8. The molecular formula is C26H29F3N2O7S. The van der Waals surface area contributed by atoms with Crippen molar-refractivity contribution in [3.05, 3.63) is 53.1 Å². The van der Waals surface area contributed by atoms with Gasteiger partial charge in [-0.15, -0.1) is 0 Å². The molecule has 2 aliphatic heterocycles. The number of halogens is 3. The van der Waals surface area contributed by atoms with E-state index in [0.29, 0.717) is 40.4 Å². The highest BCUT2D eigenvalue weighted by atomic mass is 32.2. The number of methoxy groups -OCH3 is 2. The van der Waals surface area contributed by atoms with Crippen molar-refractivity contribution in [2.75, 3.05) is 33.9 Å². The highest BCUT2D eigenvalue weighted by Gasteiger charge is 2.44. The Balaban J connectivity index is 1.43. The highest BCUT2D eigenvalue weighted by Crippen LogP contribution is 2.31. The molecule has 1 atom stereocenters. The van der Waals surface area contributed by atoms with Gasteiger partial charge in [-0.1, -0.05) is 12.1 Å². The monoisotopic (exact) mass is 570 g/mol. The molecule has 2 aliphatic rings. The third-order valence-corrected chi connectivity index (χ3v) is 8.79. The molecular weight excluding hydrogens is 541 g/mol. The minimum Gasteiger partial charge on any atom is -0.493 e. The van der Waals surface area contributed by atoms with Crippen molar-refractivity contribution in [3.8, 4) is 11.5 Å². The van der Waals surface area contributed by atoms with Gasteiger partial charge in [-0.3, -0.25) is 9.59 Å². The highest BCUT2D eigenvalue weighted by molar-refractivity contribution is 7.89. The van der Waals surface area contributed by atoms with Gasteiger partial charge in [0.2, 0.25) is 10.0 Å². The Morgan fingerprint density at radius 3 is 2.44 bits per heavy atom. The molecule has 0 N–H and O–H groups in total. The molecule has 13 heteroatoms. The summed E-state index contributed by atoms with van der Waals surface area (Å²) in [6.07, 6.45) is -3.72. The van der Waals surface area contributed by atoms with Crippen molar-refractivity contribution in [3.63, 3.8) is 0 Å². The summed E-state index contributed by atoms with van der Waals surface area (Å²) >= 11 is 0. The summed E-state index contributed by atoms with van der Waals surface area (Å²) in [7, 11) is -1.12. The summed E-state index contributed by atoms with van der Waals surface area (Å²) in [5, 5.41) is 0. The lowest BCUT2D eigenvalue weighted by Crippen LogP contribution is -2.44. The lowest BCUT2D eigenvalue weighted by molar-refractivity contribution is -0.186. The molecule has 0 bridgehead atoms. The van der Waals surface area contributed by atoms with Crippen LogP contribution in [-0.2, 0) is 43.7 Å². The first-order chi connectivity index (χ1) is 18.5. The lowest BCUT2D eigenvalue weighted by atomic mass is 10.00. The molecule has 0 radical (unpaired) electrons. The molecule has 0 aliphatic carbocycles. The summed E-state index contributed by atoms with van der Waals surface area (Å²) in [6, 6.07) is 8.51. The molecule has 4 rings (SSSR count). The molecule has 39 heavy (non-hydrogen) atoms. The fraction of sp³-hybridized carbons (Fsp3) is 0.462. The molecule has 0 saturated carbocycles. The number of benzene rings is 2. The first-order valence-corrected chi connectivity index (χ1v) is 13.8. The van der Waals surface area contributed by atoms with Gasteiger partial charge < -0.3 is 19.1 Å². The second kappa shape index (κ2) is 11.4. The molecule has 0 spiro atoms. The first kappa shape index (κ1) is 28.7. The minimum atomic E-state index is -5.01. The van der Waals surface area contributed by atoms with E-state index in [-0.39, 0.29) is 44.0 Å². The molecule has 2 heterocycles. The van der Waals surface area contributed by atoms with E-state index in [1.165, 1.54) is 26.4 Å². The maximum Gasteiger partial charge on any atom is 0.471 e. The predicted octanol–water partition coefficient (Wildman–Crippen LogP) is 3.09. The van der Waals surface area contributed by atoms with Crippen LogP contribution >= 0.6 is 0 Å². The van der Waals surface area contributed by atoms with Crippen molar-refractivity contribution in [2.24, 2.45) is 0 Å². The van der Waals surface area contributed by atoms with Gasteiger partial charge in [0.05, 0.1) is 25.7 Å². The molecule has 0 aromatic heterocycles. The van der Waals surface area contributed by atoms with E-state index in [4.69, 9.17) is 14.2 Å². The van der Waals surface area contributed by atoms with E-state index in [1.807, 2.05) is 0 Å². The Morgan fingerprint density at radius 2 is 1.74 bits per heavy atom. The number of carbonyl (C=O) groups excluding carboxylic acids is 2. The lowest BCUT2D eigenvalue weighted by Gasteiger charge is -2.30. The molecule has 9 nitrogen and oxygen atoms in total. The number of carbonyl (C=O) groups is 2. The largest absolute Gasteiger partial charge is 0.493 e. The molecule has 1 fully saturated rings. The van der Waals surface area contributed by atoms with Crippen molar-refractivity contribution < 1.29 is 45.4 Å². The number of alkyl halides is 3. The van der Waals surface area contributed by atoms with Crippen LogP contribution < -0.4 is 9.47 Å². The fourth-order valence-corrected chi connectivity index (χ4v) is 6.55. The summed E-state index contributed by atoms with van der Waals surface area (Å²) in [4.78, 5) is 25.1. The minimum absolute atomic E-state index is 0.0284. The topological polar surface area (TPSA) is 102 Å². The molecule has 1 amide bonds. The van der Waals surface area contributed by atoms with Crippen molar-refractivity contribution >= 4 is 21.9 Å². The van der Waals surface area contributed by atoms with Crippen LogP contribution in [0.2, 0.25) is 0 Å². The Bertz CT molecular complexity index is 1350. The zero-order chi connectivity index (χ0) is 28.4. The summed E-state index contributed by atoms with van der Waals surface area (Å²) in [5.74, 6) is -1.54. The van der Waals surface area contributed by atoms with E-state index in [9.17, 15) is 31.2 Å². The Morgan fingerprint density at radius 1 is 1.00 bits per heavy atom. The van der Waals surface area contributed by atoms with E-state index >= 15 is 0 Å². The first-order valence-electron chi connectivity index (χ1n) is 12.3. The van der Waals surface area contributed by atoms with Crippen LogP contribution in [0.4, 0.5) is 13.2 Å². The number of nitrogens with zero attached hydrogens (tertiary/aromatic N) is 2. The van der Waals surface area contributed by atoms with E-state index < -0.39 is 34.1 Å². The fourth-order valence-electron chi connectivity index (χ4n) is 4.85. The van der Waals surface area contributed by atoms with Gasteiger partial charge in [0, 0.05) is 26.1 Å². The van der Waals surface area contributed by atoms with Gasteiger partial charge >= 0.3 is 18.1 Å². The summed E-state index contributed by atoms with van der Waals surface area (Å²) in [6.45, 7) is -0.326. The number of ether oxygens (including phenoxy) is 3. The molecule has 1 saturated heterocycles. The zero-order valence-electron chi connectivity index (χ0n) is 21.5. The van der Waals surface area contributed by atoms with Crippen molar-refractivity contribution in [2.45, 2.75) is 49.3 Å². The summed E-state index contributed by atoms with van der Waals surface area (Å²) in [5.41, 5.74) is 1.84. The van der Waals surface area contributed by atoms with Crippen LogP contribution in [0.15, 0.2) is 41.3 Å². The number of hydrogen-bond acceptors (Lipinski definition) is 7. The molecule has 0 unspecified atom stereocenters. The van der Waals surface area contributed by atoms with Crippen LogP contribution in [0.5, 0.6) is 11.5 Å². The van der Waals surface area contributed by atoms with Gasteiger partial charge in [0.25, 0.3) is 0 Å². The number of sulfonamides is 1. The number of esters is 1. The Kier molecular flexibility index (Phi) is 8.40. The van der Waals surface area contributed by atoms with Crippen LogP contribution in [0.25, 0.3) is 0 Å². The third kappa shape index (κ3) is 6.14. The van der Waals surface area contributed by atoms with Crippen LogP contribution in [0.1, 0.15) is 29.5 Å². The maximum atomic E-state index is 13.5. The molecule has 2 aromatic carbocycles. The Hall–Kier alpha value is -3.32. The second-order valence-electron chi connectivity index (χ2n) is 9.29. The molecule has 2 aromatic rings. The summed E-state index contributed by atoms with van der Waals surface area (Å²) < 4.78 is 82.6. The van der Waals surface area contributed by atoms with Crippen molar-refractivity contribution in [1.29, 1.82) is 0 Å². The second-order valence-corrected chi connectivity index (χ2v) is 11.2. The number of fused-ring (bicyclic) bond motifs is 1. The molecule has 212 valence electrons. The van der Waals surface area contributed by atoms with Crippen molar-refractivity contribution in [1.82, 2.24) is 9.21 Å². The average Bonchev–Trinajstić information content (AvgIpc) is 3.42. The maximum absolute atomic E-state index is 13.5. The van der Waals surface area contributed by atoms with Gasteiger partial charge in [-0.2, -0.15) is 17.5 Å². The van der Waals surface area contributed by atoms with Gasteiger partial charge in [-0.05, 0) is 60.2 Å². The predicted molar refractivity (Wildman–Crippen MR) is 133 cm³/mol. The third-order valence-electron chi connectivity index (χ3n) is 6.89. The normalized spacial score (nSPS) is 18.0.